The summed E-state index contributed by atoms with van der Waals surface area (Å²) >= 11 is 6.31. The summed E-state index contributed by atoms with van der Waals surface area (Å²) in [6.07, 6.45) is 1.49. The highest BCUT2D eigenvalue weighted by Crippen LogP contribution is 2.32. The van der Waals surface area contributed by atoms with Crippen molar-refractivity contribution in [2.75, 3.05) is 13.1 Å². The van der Waals surface area contributed by atoms with Crippen molar-refractivity contribution in [1.29, 1.82) is 0 Å². The van der Waals surface area contributed by atoms with Gasteiger partial charge >= 0.3 is 0 Å². The minimum Gasteiger partial charge on any atom is -0.373 e. The Labute approximate surface area is 195 Å². The summed E-state index contributed by atoms with van der Waals surface area (Å²) in [5.41, 5.74) is 2.55. The zero-order chi connectivity index (χ0) is 23.0. The standard InChI is InChI=1S/C24H29ClN2O4S/c1-16-4-6-19(7-5-16)15-27(21-9-10-21)24(28)20-8-11-22(25)23(12-20)32(29,30)26-13-17(2)31-18(3)14-26/h4-8,11-12,17-18,21H,9-10,13-15H2,1-3H3. The molecule has 172 valence electrons. The van der Waals surface area contributed by atoms with E-state index in [0.717, 1.165) is 24.0 Å². The van der Waals surface area contributed by atoms with Gasteiger partial charge in [-0.05, 0) is 57.4 Å². The summed E-state index contributed by atoms with van der Waals surface area (Å²) in [4.78, 5) is 15.2. The van der Waals surface area contributed by atoms with E-state index in [1.807, 2.05) is 49.9 Å². The minimum atomic E-state index is -3.86. The number of sulfonamides is 1. The molecule has 8 heteroatoms. The molecule has 0 radical (unpaired) electrons. The Balaban J connectivity index is 1.62. The van der Waals surface area contributed by atoms with E-state index in [1.54, 1.807) is 6.07 Å². The summed E-state index contributed by atoms with van der Waals surface area (Å²) < 4.78 is 33.8. The summed E-state index contributed by atoms with van der Waals surface area (Å²) in [6.45, 7) is 6.72. The second-order valence-electron chi connectivity index (χ2n) is 8.87. The van der Waals surface area contributed by atoms with Gasteiger partial charge < -0.3 is 9.64 Å². The van der Waals surface area contributed by atoms with Crippen molar-refractivity contribution in [3.8, 4) is 0 Å². The number of hydrogen-bond donors (Lipinski definition) is 0. The Bertz CT molecular complexity index is 1090. The van der Waals surface area contributed by atoms with E-state index < -0.39 is 10.0 Å². The van der Waals surface area contributed by atoms with Gasteiger partial charge in [-0.2, -0.15) is 4.31 Å². The number of benzene rings is 2. The number of aryl methyl sites for hydroxylation is 1. The van der Waals surface area contributed by atoms with E-state index in [-0.39, 0.29) is 47.2 Å². The fourth-order valence-corrected chi connectivity index (χ4v) is 6.20. The molecule has 1 aliphatic carbocycles. The van der Waals surface area contributed by atoms with Crippen LogP contribution in [0, 0.1) is 6.92 Å². The molecule has 2 fully saturated rings. The fourth-order valence-electron chi connectivity index (χ4n) is 4.11. The van der Waals surface area contributed by atoms with Crippen molar-refractivity contribution in [3.63, 3.8) is 0 Å². The van der Waals surface area contributed by atoms with Gasteiger partial charge in [0.1, 0.15) is 4.90 Å². The van der Waals surface area contributed by atoms with E-state index in [1.165, 1.54) is 16.4 Å². The van der Waals surface area contributed by atoms with Crippen molar-refractivity contribution in [2.45, 2.75) is 63.3 Å². The molecule has 0 aromatic heterocycles. The Hall–Kier alpha value is -1.93. The zero-order valence-corrected chi connectivity index (χ0v) is 20.2. The monoisotopic (exact) mass is 476 g/mol. The summed E-state index contributed by atoms with van der Waals surface area (Å²) in [5, 5.41) is 0.116. The molecule has 1 saturated carbocycles. The SMILES string of the molecule is Cc1ccc(CN(C(=O)c2ccc(Cl)c(S(=O)(=O)N3CC(C)OC(C)C3)c2)C2CC2)cc1. The van der Waals surface area contributed by atoms with Crippen LogP contribution in [0.15, 0.2) is 47.4 Å². The van der Waals surface area contributed by atoms with Crippen LogP contribution in [0.3, 0.4) is 0 Å². The number of amides is 1. The molecule has 0 spiro atoms. The van der Waals surface area contributed by atoms with Crippen LogP contribution >= 0.6 is 11.6 Å². The number of halogens is 1. The highest BCUT2D eigenvalue weighted by atomic mass is 35.5. The molecule has 4 rings (SSSR count). The highest BCUT2D eigenvalue weighted by molar-refractivity contribution is 7.89. The number of morpholine rings is 1. The highest BCUT2D eigenvalue weighted by Gasteiger charge is 2.36. The number of hydrogen-bond acceptors (Lipinski definition) is 4. The van der Waals surface area contributed by atoms with Gasteiger partial charge in [-0.1, -0.05) is 41.4 Å². The molecule has 1 amide bonds. The van der Waals surface area contributed by atoms with Crippen LogP contribution in [0.25, 0.3) is 0 Å². The number of carbonyl (C=O) groups excluding carboxylic acids is 1. The molecular formula is C24H29ClN2O4S. The van der Waals surface area contributed by atoms with Crippen molar-refractivity contribution >= 4 is 27.5 Å². The molecule has 0 bridgehead atoms. The molecule has 2 unspecified atom stereocenters. The molecule has 32 heavy (non-hydrogen) atoms. The third-order valence-corrected chi connectivity index (χ3v) is 8.22. The average Bonchev–Trinajstić information content (AvgIpc) is 3.57. The third kappa shape index (κ3) is 5.01. The fraction of sp³-hybridized carbons (Fsp3) is 0.458. The van der Waals surface area contributed by atoms with Crippen LogP contribution in [-0.2, 0) is 21.3 Å². The molecular weight excluding hydrogens is 448 g/mol. The van der Waals surface area contributed by atoms with Crippen molar-refractivity contribution in [2.24, 2.45) is 0 Å². The predicted octanol–water partition coefficient (Wildman–Crippen LogP) is 4.25. The van der Waals surface area contributed by atoms with Crippen molar-refractivity contribution < 1.29 is 17.9 Å². The predicted molar refractivity (Wildman–Crippen MR) is 124 cm³/mol. The van der Waals surface area contributed by atoms with E-state index in [2.05, 4.69) is 0 Å². The second-order valence-corrected chi connectivity index (χ2v) is 11.2. The van der Waals surface area contributed by atoms with Gasteiger partial charge in [-0.15, -0.1) is 0 Å². The summed E-state index contributed by atoms with van der Waals surface area (Å²) in [5.74, 6) is -0.176. The molecule has 1 aliphatic heterocycles. The lowest BCUT2D eigenvalue weighted by Gasteiger charge is -2.34. The summed E-state index contributed by atoms with van der Waals surface area (Å²) in [7, 11) is -3.86. The van der Waals surface area contributed by atoms with Gasteiger partial charge in [-0.3, -0.25) is 4.79 Å². The molecule has 2 aromatic carbocycles. The first-order valence-corrected chi connectivity index (χ1v) is 12.8. The molecule has 2 aromatic rings. The van der Waals surface area contributed by atoms with E-state index in [9.17, 15) is 13.2 Å². The smallest absolute Gasteiger partial charge is 0.254 e. The first-order chi connectivity index (χ1) is 15.1. The number of carbonyl (C=O) groups is 1. The Morgan fingerprint density at radius 3 is 2.31 bits per heavy atom. The van der Waals surface area contributed by atoms with Gasteiger partial charge in [-0.25, -0.2) is 8.42 Å². The van der Waals surface area contributed by atoms with E-state index in [0.29, 0.717) is 12.1 Å². The maximum Gasteiger partial charge on any atom is 0.254 e. The molecule has 2 aliphatic rings. The van der Waals surface area contributed by atoms with E-state index >= 15 is 0 Å². The zero-order valence-electron chi connectivity index (χ0n) is 18.6. The molecule has 0 N–H and O–H groups in total. The lowest BCUT2D eigenvalue weighted by atomic mass is 10.1. The number of ether oxygens (including phenoxy) is 1. The van der Waals surface area contributed by atoms with Crippen LogP contribution < -0.4 is 0 Å². The van der Waals surface area contributed by atoms with Crippen molar-refractivity contribution in [3.05, 3.63) is 64.2 Å². The first kappa shape index (κ1) is 23.2. The Morgan fingerprint density at radius 1 is 1.09 bits per heavy atom. The normalized spacial score (nSPS) is 22.0. The molecule has 1 saturated heterocycles. The maximum absolute atomic E-state index is 13.4. The van der Waals surface area contributed by atoms with Gasteiger partial charge in [0, 0.05) is 31.2 Å². The Morgan fingerprint density at radius 2 is 1.72 bits per heavy atom. The number of rotatable bonds is 6. The first-order valence-electron chi connectivity index (χ1n) is 11.0. The second kappa shape index (κ2) is 9.14. The van der Waals surface area contributed by atoms with E-state index in [4.69, 9.17) is 16.3 Å². The molecule has 2 atom stereocenters. The topological polar surface area (TPSA) is 66.9 Å². The maximum atomic E-state index is 13.4. The quantitative estimate of drug-likeness (QED) is 0.625. The Kier molecular flexibility index (Phi) is 6.63. The van der Waals surface area contributed by atoms with Gasteiger partial charge in [0.05, 0.1) is 17.2 Å². The van der Waals surface area contributed by atoms with Gasteiger partial charge in [0.15, 0.2) is 0 Å². The van der Waals surface area contributed by atoms with Crippen molar-refractivity contribution in [1.82, 2.24) is 9.21 Å². The molecule has 6 nitrogen and oxygen atoms in total. The lowest BCUT2D eigenvalue weighted by Crippen LogP contribution is -2.48. The minimum absolute atomic E-state index is 0.0302. The summed E-state index contributed by atoms with van der Waals surface area (Å²) in [6, 6.07) is 12.8. The van der Waals surface area contributed by atoms with Crippen LogP contribution in [0.5, 0.6) is 0 Å². The largest absolute Gasteiger partial charge is 0.373 e. The van der Waals surface area contributed by atoms with Crippen LogP contribution in [-0.4, -0.2) is 54.9 Å². The van der Waals surface area contributed by atoms with Gasteiger partial charge in [0.2, 0.25) is 10.0 Å². The third-order valence-electron chi connectivity index (χ3n) is 5.90. The average molecular weight is 477 g/mol. The van der Waals surface area contributed by atoms with Crippen LogP contribution in [0.1, 0.15) is 48.2 Å². The lowest BCUT2D eigenvalue weighted by molar-refractivity contribution is -0.0440. The molecule has 1 heterocycles. The van der Waals surface area contributed by atoms with Crippen LogP contribution in [0.4, 0.5) is 0 Å². The number of nitrogens with zero attached hydrogens (tertiary/aromatic N) is 2. The van der Waals surface area contributed by atoms with Gasteiger partial charge in [0.25, 0.3) is 5.91 Å². The van der Waals surface area contributed by atoms with Crippen LogP contribution in [0.2, 0.25) is 5.02 Å².